The average molecular weight is 281 g/mol. The van der Waals surface area contributed by atoms with Gasteiger partial charge in [0, 0.05) is 12.5 Å². The minimum absolute atomic E-state index is 0.278. The highest BCUT2D eigenvalue weighted by Gasteiger charge is 2.28. The first-order valence-corrected chi connectivity index (χ1v) is 8.59. The van der Waals surface area contributed by atoms with Crippen molar-refractivity contribution in [3.05, 3.63) is 0 Å². The van der Waals surface area contributed by atoms with E-state index in [-0.39, 0.29) is 5.92 Å². The summed E-state index contributed by atoms with van der Waals surface area (Å²) in [6.07, 6.45) is 8.37. The van der Waals surface area contributed by atoms with Crippen LogP contribution in [0, 0.1) is 23.2 Å². The molecule has 1 N–H and O–H groups in total. The molecule has 0 saturated heterocycles. The maximum absolute atomic E-state index is 12.2. The van der Waals surface area contributed by atoms with Crippen molar-refractivity contribution < 1.29 is 4.79 Å². The summed E-state index contributed by atoms with van der Waals surface area (Å²) < 4.78 is 0. The van der Waals surface area contributed by atoms with Crippen LogP contribution >= 0.6 is 0 Å². The zero-order chi connectivity index (χ0) is 15.2. The zero-order valence-electron chi connectivity index (χ0n) is 14.3. The van der Waals surface area contributed by atoms with Crippen LogP contribution in [0.25, 0.3) is 0 Å². The Hall–Kier alpha value is -0.530. The third-order valence-electron chi connectivity index (χ3n) is 4.52. The standard InChI is InChI=1S/C18H35NO/c1-6-7-14(2)13-19-17(20)16-10-8-15(9-11-16)12-18(3,4)5/h14-16H,6-13H2,1-5H3,(H,19,20). The first kappa shape index (κ1) is 17.5. The fraction of sp³-hybridized carbons (Fsp3) is 0.944. The first-order valence-electron chi connectivity index (χ1n) is 8.59. The molecule has 1 rings (SSSR count). The van der Waals surface area contributed by atoms with Gasteiger partial charge in [-0.2, -0.15) is 0 Å². The molecule has 0 aromatic rings. The van der Waals surface area contributed by atoms with Crippen molar-refractivity contribution in [2.24, 2.45) is 23.2 Å². The topological polar surface area (TPSA) is 29.1 Å². The van der Waals surface area contributed by atoms with Crippen LogP contribution in [0.5, 0.6) is 0 Å². The molecule has 20 heavy (non-hydrogen) atoms. The lowest BCUT2D eigenvalue weighted by Crippen LogP contribution is -2.36. The van der Waals surface area contributed by atoms with Crippen LogP contribution in [-0.4, -0.2) is 12.5 Å². The molecule has 0 aliphatic heterocycles. The minimum Gasteiger partial charge on any atom is -0.356 e. The third kappa shape index (κ3) is 6.76. The molecule has 1 amide bonds. The van der Waals surface area contributed by atoms with Crippen LogP contribution in [0.15, 0.2) is 0 Å². The zero-order valence-corrected chi connectivity index (χ0v) is 14.3. The van der Waals surface area contributed by atoms with E-state index in [1.54, 1.807) is 0 Å². The summed E-state index contributed by atoms with van der Waals surface area (Å²) in [4.78, 5) is 12.2. The lowest BCUT2D eigenvalue weighted by Gasteiger charge is -2.32. The second-order valence-corrected chi connectivity index (χ2v) is 8.12. The summed E-state index contributed by atoms with van der Waals surface area (Å²) in [7, 11) is 0. The van der Waals surface area contributed by atoms with Gasteiger partial charge in [0.1, 0.15) is 0 Å². The molecule has 2 nitrogen and oxygen atoms in total. The predicted molar refractivity (Wildman–Crippen MR) is 86.6 cm³/mol. The van der Waals surface area contributed by atoms with Gasteiger partial charge in [-0.15, -0.1) is 0 Å². The van der Waals surface area contributed by atoms with E-state index in [0.29, 0.717) is 17.2 Å². The van der Waals surface area contributed by atoms with E-state index in [1.807, 2.05) is 0 Å². The first-order chi connectivity index (χ1) is 9.31. The van der Waals surface area contributed by atoms with Crippen LogP contribution < -0.4 is 5.32 Å². The maximum atomic E-state index is 12.2. The van der Waals surface area contributed by atoms with Crippen molar-refractivity contribution in [2.75, 3.05) is 6.54 Å². The van der Waals surface area contributed by atoms with Gasteiger partial charge < -0.3 is 5.32 Å². The molecular formula is C18H35NO. The highest BCUT2D eigenvalue weighted by molar-refractivity contribution is 5.78. The fourth-order valence-electron chi connectivity index (χ4n) is 3.51. The second kappa shape index (κ2) is 8.05. The van der Waals surface area contributed by atoms with Gasteiger partial charge in [0.2, 0.25) is 5.91 Å². The van der Waals surface area contributed by atoms with Crippen molar-refractivity contribution >= 4 is 5.91 Å². The molecule has 1 unspecified atom stereocenters. The highest BCUT2D eigenvalue weighted by Crippen LogP contribution is 2.36. The van der Waals surface area contributed by atoms with E-state index in [4.69, 9.17) is 0 Å². The summed E-state index contributed by atoms with van der Waals surface area (Å²) in [5.41, 5.74) is 0.426. The number of rotatable bonds is 6. The van der Waals surface area contributed by atoms with E-state index in [9.17, 15) is 4.79 Å². The molecule has 0 aromatic carbocycles. The molecule has 1 aliphatic carbocycles. The van der Waals surface area contributed by atoms with Crippen molar-refractivity contribution in [3.8, 4) is 0 Å². The van der Waals surface area contributed by atoms with Crippen molar-refractivity contribution in [1.29, 1.82) is 0 Å². The van der Waals surface area contributed by atoms with Gasteiger partial charge in [-0.1, -0.05) is 41.0 Å². The van der Waals surface area contributed by atoms with Gasteiger partial charge in [-0.3, -0.25) is 4.79 Å². The number of hydrogen-bond donors (Lipinski definition) is 1. The molecule has 1 atom stereocenters. The Morgan fingerprint density at radius 3 is 2.30 bits per heavy atom. The van der Waals surface area contributed by atoms with Crippen molar-refractivity contribution in [1.82, 2.24) is 5.32 Å². The molecule has 0 bridgehead atoms. The van der Waals surface area contributed by atoms with E-state index >= 15 is 0 Å². The molecule has 0 heterocycles. The minimum atomic E-state index is 0.278. The summed E-state index contributed by atoms with van der Waals surface area (Å²) in [6, 6.07) is 0. The Bertz CT molecular complexity index is 284. The van der Waals surface area contributed by atoms with Gasteiger partial charge in [-0.25, -0.2) is 0 Å². The molecular weight excluding hydrogens is 246 g/mol. The SMILES string of the molecule is CCCC(C)CNC(=O)C1CCC(CC(C)(C)C)CC1. The van der Waals surface area contributed by atoms with Gasteiger partial charge in [0.25, 0.3) is 0 Å². The second-order valence-electron chi connectivity index (χ2n) is 8.12. The van der Waals surface area contributed by atoms with Crippen molar-refractivity contribution in [3.63, 3.8) is 0 Å². The Kier molecular flexibility index (Phi) is 7.05. The van der Waals surface area contributed by atoms with Crippen molar-refractivity contribution in [2.45, 2.75) is 79.6 Å². The largest absolute Gasteiger partial charge is 0.356 e. The smallest absolute Gasteiger partial charge is 0.223 e. The summed E-state index contributed by atoms with van der Waals surface area (Å²) in [5, 5.41) is 3.16. The number of hydrogen-bond acceptors (Lipinski definition) is 1. The number of carbonyl (C=O) groups excluding carboxylic acids is 1. The average Bonchev–Trinajstić information content (AvgIpc) is 2.35. The third-order valence-corrected chi connectivity index (χ3v) is 4.52. The fourth-order valence-corrected chi connectivity index (χ4v) is 3.51. The molecule has 118 valence electrons. The lowest BCUT2D eigenvalue weighted by molar-refractivity contribution is -0.126. The van der Waals surface area contributed by atoms with E-state index in [0.717, 1.165) is 25.3 Å². The summed E-state index contributed by atoms with van der Waals surface area (Å²) in [5.74, 6) is 2.03. The molecule has 1 saturated carbocycles. The monoisotopic (exact) mass is 281 g/mol. The van der Waals surface area contributed by atoms with Crippen LogP contribution in [0.3, 0.4) is 0 Å². The van der Waals surface area contributed by atoms with Gasteiger partial charge >= 0.3 is 0 Å². The molecule has 0 spiro atoms. The highest BCUT2D eigenvalue weighted by atomic mass is 16.1. The van der Waals surface area contributed by atoms with Gasteiger partial charge in [-0.05, 0) is 55.8 Å². The number of nitrogens with one attached hydrogen (secondary N) is 1. The number of amides is 1. The molecule has 0 radical (unpaired) electrons. The quantitative estimate of drug-likeness (QED) is 0.745. The normalized spacial score (nSPS) is 25.2. The lowest BCUT2D eigenvalue weighted by atomic mass is 9.74. The molecule has 1 fully saturated rings. The van der Waals surface area contributed by atoms with E-state index < -0.39 is 0 Å². The van der Waals surface area contributed by atoms with Crippen LogP contribution in [0.2, 0.25) is 0 Å². The Morgan fingerprint density at radius 1 is 1.20 bits per heavy atom. The van der Waals surface area contributed by atoms with E-state index in [1.165, 1.54) is 32.1 Å². The van der Waals surface area contributed by atoms with Crippen LogP contribution in [-0.2, 0) is 4.79 Å². The maximum Gasteiger partial charge on any atom is 0.223 e. The van der Waals surface area contributed by atoms with Gasteiger partial charge in [0.15, 0.2) is 0 Å². The number of carbonyl (C=O) groups is 1. The van der Waals surface area contributed by atoms with Gasteiger partial charge in [0.05, 0.1) is 0 Å². The predicted octanol–water partition coefficient (Wildman–Crippen LogP) is 4.78. The summed E-state index contributed by atoms with van der Waals surface area (Å²) in [6.45, 7) is 12.2. The Morgan fingerprint density at radius 2 is 1.80 bits per heavy atom. The molecule has 2 heteroatoms. The molecule has 1 aliphatic rings. The van der Waals surface area contributed by atoms with Crippen LogP contribution in [0.1, 0.15) is 79.6 Å². The summed E-state index contributed by atoms with van der Waals surface area (Å²) >= 11 is 0. The molecule has 0 aromatic heterocycles. The van der Waals surface area contributed by atoms with E-state index in [2.05, 4.69) is 39.9 Å². The Balaban J connectivity index is 2.25. The Labute approximate surface area is 126 Å². The van der Waals surface area contributed by atoms with Crippen LogP contribution in [0.4, 0.5) is 0 Å².